The van der Waals surface area contributed by atoms with E-state index < -0.39 is 5.60 Å². The first-order valence-electron chi connectivity index (χ1n) is 11.2. The van der Waals surface area contributed by atoms with E-state index in [1.165, 1.54) is 32.1 Å². The molecule has 29 heavy (non-hydrogen) atoms. The van der Waals surface area contributed by atoms with Gasteiger partial charge in [-0.05, 0) is 45.2 Å². The van der Waals surface area contributed by atoms with Gasteiger partial charge in [-0.1, -0.05) is 32.1 Å². The monoisotopic (exact) mass is 403 g/mol. The Bertz CT molecular complexity index is 628. The Labute approximate surface area is 175 Å². The molecule has 1 saturated heterocycles. The molecule has 0 radical (unpaired) electrons. The van der Waals surface area contributed by atoms with Crippen LogP contribution in [0.5, 0.6) is 5.75 Å². The molecule has 3 rings (SSSR count). The number of hydrogen-bond acceptors (Lipinski definition) is 5. The molecule has 6 heteroatoms. The van der Waals surface area contributed by atoms with Gasteiger partial charge in [0.05, 0.1) is 18.5 Å². The largest absolute Gasteiger partial charge is 0.492 e. The van der Waals surface area contributed by atoms with Gasteiger partial charge in [0.25, 0.3) is 0 Å². The van der Waals surface area contributed by atoms with Crippen molar-refractivity contribution >= 4 is 6.09 Å². The van der Waals surface area contributed by atoms with Crippen molar-refractivity contribution in [2.75, 3.05) is 32.8 Å². The van der Waals surface area contributed by atoms with Gasteiger partial charge in [-0.2, -0.15) is 0 Å². The molecule has 2 fully saturated rings. The van der Waals surface area contributed by atoms with Crippen LogP contribution in [-0.4, -0.2) is 59.3 Å². The smallest absolute Gasteiger partial charge is 0.410 e. The molecular formula is C23H37N3O3. The summed E-state index contributed by atoms with van der Waals surface area (Å²) in [6, 6.07) is 4.08. The van der Waals surface area contributed by atoms with E-state index in [0.29, 0.717) is 13.1 Å². The molecule has 0 bridgehead atoms. The fourth-order valence-electron chi connectivity index (χ4n) is 4.05. The molecule has 2 heterocycles. The summed E-state index contributed by atoms with van der Waals surface area (Å²) in [6.45, 7) is 10.3. The Balaban J connectivity index is 1.36. The van der Waals surface area contributed by atoms with Crippen molar-refractivity contribution in [1.29, 1.82) is 0 Å². The van der Waals surface area contributed by atoms with Crippen LogP contribution in [0.15, 0.2) is 18.3 Å². The minimum Gasteiger partial charge on any atom is -0.492 e. The summed E-state index contributed by atoms with van der Waals surface area (Å²) in [5, 5.41) is 0. The molecule has 1 aromatic rings. The number of ether oxygens (including phenoxy) is 2. The van der Waals surface area contributed by atoms with Crippen molar-refractivity contribution in [3.8, 4) is 5.75 Å². The summed E-state index contributed by atoms with van der Waals surface area (Å²) < 4.78 is 11.4. The molecule has 1 amide bonds. The summed E-state index contributed by atoms with van der Waals surface area (Å²) in [6.07, 6.45) is 9.67. The zero-order valence-corrected chi connectivity index (χ0v) is 18.4. The lowest BCUT2D eigenvalue weighted by Gasteiger charge is -2.35. The van der Waals surface area contributed by atoms with Crippen molar-refractivity contribution in [2.45, 2.75) is 71.4 Å². The van der Waals surface area contributed by atoms with Crippen molar-refractivity contribution in [1.82, 2.24) is 14.8 Å². The third-order valence-corrected chi connectivity index (χ3v) is 5.73. The van der Waals surface area contributed by atoms with Crippen molar-refractivity contribution in [3.63, 3.8) is 0 Å². The maximum absolute atomic E-state index is 12.2. The topological polar surface area (TPSA) is 54.9 Å². The van der Waals surface area contributed by atoms with Crippen LogP contribution in [0, 0.1) is 5.92 Å². The quantitative estimate of drug-likeness (QED) is 0.701. The van der Waals surface area contributed by atoms with Crippen molar-refractivity contribution in [2.24, 2.45) is 5.92 Å². The molecule has 0 unspecified atom stereocenters. The first-order chi connectivity index (χ1) is 13.9. The summed E-state index contributed by atoms with van der Waals surface area (Å²) in [5.74, 6) is 1.70. The Morgan fingerprint density at radius 3 is 2.45 bits per heavy atom. The number of hydrogen-bond donors (Lipinski definition) is 0. The molecule has 6 nitrogen and oxygen atoms in total. The van der Waals surface area contributed by atoms with Crippen LogP contribution in [0.4, 0.5) is 4.79 Å². The summed E-state index contributed by atoms with van der Waals surface area (Å²) in [4.78, 5) is 20.8. The van der Waals surface area contributed by atoms with Crippen LogP contribution in [0.3, 0.4) is 0 Å². The zero-order chi connectivity index (χ0) is 20.7. The Hall–Kier alpha value is -1.82. The van der Waals surface area contributed by atoms with Crippen molar-refractivity contribution in [3.05, 3.63) is 24.0 Å². The van der Waals surface area contributed by atoms with Crippen LogP contribution in [-0.2, 0) is 11.3 Å². The normalized spacial score (nSPS) is 19.2. The molecule has 2 aliphatic rings. The number of nitrogens with zero attached hydrogens (tertiary/aromatic N) is 3. The highest BCUT2D eigenvalue weighted by Gasteiger charge is 2.25. The maximum atomic E-state index is 12.2. The third-order valence-electron chi connectivity index (χ3n) is 5.73. The van der Waals surface area contributed by atoms with Gasteiger partial charge in [0, 0.05) is 32.7 Å². The van der Waals surface area contributed by atoms with Gasteiger partial charge >= 0.3 is 6.09 Å². The molecule has 0 atom stereocenters. The van der Waals surface area contributed by atoms with E-state index in [0.717, 1.165) is 50.0 Å². The predicted molar refractivity (Wildman–Crippen MR) is 114 cm³/mol. The number of pyridine rings is 1. The number of piperazine rings is 1. The van der Waals surface area contributed by atoms with Crippen molar-refractivity contribution < 1.29 is 14.3 Å². The van der Waals surface area contributed by atoms with Gasteiger partial charge in [0.1, 0.15) is 11.4 Å². The number of amides is 1. The van der Waals surface area contributed by atoms with Crippen LogP contribution >= 0.6 is 0 Å². The maximum Gasteiger partial charge on any atom is 0.410 e. The van der Waals surface area contributed by atoms with Gasteiger partial charge in [-0.3, -0.25) is 9.88 Å². The van der Waals surface area contributed by atoms with E-state index in [-0.39, 0.29) is 6.09 Å². The Morgan fingerprint density at radius 1 is 1.10 bits per heavy atom. The highest BCUT2D eigenvalue weighted by Crippen LogP contribution is 2.26. The average molecular weight is 404 g/mol. The highest BCUT2D eigenvalue weighted by atomic mass is 16.6. The molecule has 0 spiro atoms. The Morgan fingerprint density at radius 2 is 1.83 bits per heavy atom. The van der Waals surface area contributed by atoms with Crippen LogP contribution in [0.25, 0.3) is 0 Å². The van der Waals surface area contributed by atoms with E-state index in [1.807, 2.05) is 33.0 Å². The molecular weight excluding hydrogens is 366 g/mol. The second-order valence-corrected chi connectivity index (χ2v) is 9.37. The molecule has 1 aliphatic heterocycles. The molecule has 1 aliphatic carbocycles. The number of carbonyl (C=O) groups is 1. The lowest BCUT2D eigenvalue weighted by Crippen LogP contribution is -2.49. The standard InChI is InChI=1S/C23H37N3O3/c1-23(2,3)29-22(27)26-14-12-25(13-15-26)18-20-9-10-21(17-24-20)28-16-11-19-7-5-4-6-8-19/h9-10,17,19H,4-8,11-16,18H2,1-3H3. The number of rotatable bonds is 6. The number of aromatic nitrogens is 1. The molecule has 0 aromatic carbocycles. The summed E-state index contributed by atoms with van der Waals surface area (Å²) in [7, 11) is 0. The minimum atomic E-state index is -0.446. The summed E-state index contributed by atoms with van der Waals surface area (Å²) in [5.41, 5.74) is 0.591. The van der Waals surface area contributed by atoms with Crippen LogP contribution in [0.1, 0.15) is 65.0 Å². The molecule has 1 saturated carbocycles. The first kappa shape index (κ1) is 21.9. The lowest BCUT2D eigenvalue weighted by molar-refractivity contribution is 0.0138. The van der Waals surface area contributed by atoms with E-state index >= 15 is 0 Å². The van der Waals surface area contributed by atoms with Gasteiger partial charge in [0.2, 0.25) is 0 Å². The summed E-state index contributed by atoms with van der Waals surface area (Å²) >= 11 is 0. The van der Waals surface area contributed by atoms with E-state index in [1.54, 1.807) is 4.90 Å². The first-order valence-corrected chi connectivity index (χ1v) is 11.2. The zero-order valence-electron chi connectivity index (χ0n) is 18.4. The van der Waals surface area contributed by atoms with E-state index in [9.17, 15) is 4.79 Å². The van der Waals surface area contributed by atoms with Crippen LogP contribution < -0.4 is 4.74 Å². The van der Waals surface area contributed by atoms with Crippen LogP contribution in [0.2, 0.25) is 0 Å². The minimum absolute atomic E-state index is 0.218. The average Bonchev–Trinajstić information content (AvgIpc) is 2.69. The van der Waals surface area contributed by atoms with E-state index in [2.05, 4.69) is 16.0 Å². The fraction of sp³-hybridized carbons (Fsp3) is 0.739. The van der Waals surface area contributed by atoms with Gasteiger partial charge < -0.3 is 14.4 Å². The third kappa shape index (κ3) is 7.50. The lowest BCUT2D eigenvalue weighted by atomic mass is 9.87. The second-order valence-electron chi connectivity index (χ2n) is 9.37. The SMILES string of the molecule is CC(C)(C)OC(=O)N1CCN(Cc2ccc(OCCC3CCCCC3)cn2)CC1. The number of carbonyl (C=O) groups excluding carboxylic acids is 1. The van der Waals surface area contributed by atoms with Gasteiger partial charge in [-0.25, -0.2) is 4.79 Å². The molecule has 162 valence electrons. The Kier molecular flexibility index (Phi) is 7.76. The molecule has 0 N–H and O–H groups in total. The predicted octanol–water partition coefficient (Wildman–Crippen LogP) is 4.48. The fourth-order valence-corrected chi connectivity index (χ4v) is 4.05. The van der Waals surface area contributed by atoms with Gasteiger partial charge in [0.15, 0.2) is 0 Å². The van der Waals surface area contributed by atoms with E-state index in [4.69, 9.17) is 9.47 Å². The second kappa shape index (κ2) is 10.3. The highest BCUT2D eigenvalue weighted by molar-refractivity contribution is 5.68. The molecule has 1 aromatic heterocycles. The van der Waals surface area contributed by atoms with Gasteiger partial charge in [-0.15, -0.1) is 0 Å².